The van der Waals surface area contributed by atoms with Gasteiger partial charge in [-0.15, -0.1) is 24.0 Å². The highest BCUT2D eigenvalue weighted by Crippen LogP contribution is 2.19. The number of aliphatic imine (C=N–C) groups is 1. The average Bonchev–Trinajstić information content (AvgIpc) is 3.31. The Balaban J connectivity index is 0.00000363. The molecule has 1 unspecified atom stereocenters. The fraction of sp³-hybridized carbons (Fsp3) is 0.286. The number of rotatable bonds is 9. The molecule has 2 aromatic heterocycles. The van der Waals surface area contributed by atoms with E-state index in [2.05, 4.69) is 30.3 Å². The number of aromatic nitrogens is 3. The summed E-state index contributed by atoms with van der Waals surface area (Å²) in [6, 6.07) is 9.68. The first-order valence-corrected chi connectivity index (χ1v) is 9.73. The molecule has 0 saturated heterocycles. The lowest BCUT2D eigenvalue weighted by Gasteiger charge is -2.16. The van der Waals surface area contributed by atoms with E-state index in [-0.39, 0.29) is 36.3 Å². The summed E-state index contributed by atoms with van der Waals surface area (Å²) >= 11 is 0. The molecular weight excluding hydrogens is 533 g/mol. The van der Waals surface area contributed by atoms with Crippen molar-refractivity contribution in [2.75, 3.05) is 13.1 Å². The molecule has 1 atom stereocenters. The van der Waals surface area contributed by atoms with E-state index in [1.54, 1.807) is 30.9 Å². The molecule has 0 aliphatic rings. The number of benzene rings is 1. The summed E-state index contributed by atoms with van der Waals surface area (Å²) in [5.41, 5.74) is 1.54. The minimum absolute atomic E-state index is 0. The Morgan fingerprint density at radius 1 is 1.19 bits per heavy atom. The molecule has 0 spiro atoms. The van der Waals surface area contributed by atoms with E-state index in [1.807, 2.05) is 29.8 Å². The Morgan fingerprint density at radius 3 is 2.62 bits per heavy atom. The number of hydrogen-bond donors (Lipinski definition) is 3. The molecule has 0 saturated carbocycles. The molecule has 3 aromatic rings. The molecule has 11 heteroatoms. The van der Waals surface area contributed by atoms with Crippen LogP contribution < -0.4 is 15.4 Å². The molecule has 0 amide bonds. The summed E-state index contributed by atoms with van der Waals surface area (Å²) in [5, 5.41) is 16.6. The van der Waals surface area contributed by atoms with Gasteiger partial charge in [-0.05, 0) is 42.3 Å². The summed E-state index contributed by atoms with van der Waals surface area (Å²) in [4.78, 5) is 12.9. The predicted octanol–water partition coefficient (Wildman–Crippen LogP) is 3.28. The van der Waals surface area contributed by atoms with Crippen LogP contribution in [0.4, 0.5) is 8.78 Å². The third kappa shape index (κ3) is 7.71. The molecule has 0 radical (unpaired) electrons. The minimum atomic E-state index is -2.88. The zero-order valence-electron chi connectivity index (χ0n) is 17.4. The lowest BCUT2D eigenvalue weighted by atomic mass is 10.1. The largest absolute Gasteiger partial charge is 0.435 e. The van der Waals surface area contributed by atoms with E-state index in [0.29, 0.717) is 24.6 Å². The topological polar surface area (TPSA) is 96.6 Å². The van der Waals surface area contributed by atoms with Crippen LogP contribution in [0.5, 0.6) is 5.75 Å². The van der Waals surface area contributed by atoms with Crippen LogP contribution in [-0.4, -0.2) is 45.3 Å². The molecule has 3 N–H and O–H groups in total. The number of imidazole rings is 1. The van der Waals surface area contributed by atoms with Gasteiger partial charge < -0.3 is 20.5 Å². The highest BCUT2D eigenvalue weighted by molar-refractivity contribution is 14.0. The molecule has 1 aromatic carbocycles. The lowest BCUT2D eigenvalue weighted by Crippen LogP contribution is -2.39. The number of aliphatic hydroxyl groups excluding tert-OH is 1. The van der Waals surface area contributed by atoms with Crippen molar-refractivity contribution in [2.45, 2.75) is 26.2 Å². The van der Waals surface area contributed by atoms with Crippen molar-refractivity contribution in [3.05, 3.63) is 72.4 Å². The second-order valence-electron chi connectivity index (χ2n) is 6.53. The summed E-state index contributed by atoms with van der Waals surface area (Å²) in [6.45, 7) is 0.317. The molecule has 0 bridgehead atoms. The normalized spacial score (nSPS) is 12.2. The van der Waals surface area contributed by atoms with Crippen LogP contribution in [0.1, 0.15) is 24.2 Å². The SMILES string of the molecule is CCNC(=NCc1ccnc(-n2ccnc2)c1)NCC(O)c1ccc(OC(F)F)cc1.I. The first-order valence-electron chi connectivity index (χ1n) is 9.73. The summed E-state index contributed by atoms with van der Waals surface area (Å²) < 4.78 is 30.6. The number of nitrogens with one attached hydrogen (secondary N) is 2. The van der Waals surface area contributed by atoms with Crippen LogP contribution >= 0.6 is 24.0 Å². The molecule has 3 rings (SSSR count). The number of aliphatic hydroxyl groups is 1. The van der Waals surface area contributed by atoms with Crippen LogP contribution in [0.2, 0.25) is 0 Å². The maximum Gasteiger partial charge on any atom is 0.387 e. The predicted molar refractivity (Wildman–Crippen MR) is 128 cm³/mol. The minimum Gasteiger partial charge on any atom is -0.435 e. The van der Waals surface area contributed by atoms with Gasteiger partial charge in [-0.1, -0.05) is 12.1 Å². The van der Waals surface area contributed by atoms with E-state index in [0.717, 1.165) is 11.4 Å². The van der Waals surface area contributed by atoms with Gasteiger partial charge >= 0.3 is 6.61 Å². The molecule has 8 nitrogen and oxygen atoms in total. The second-order valence-corrected chi connectivity index (χ2v) is 6.53. The van der Waals surface area contributed by atoms with Crippen molar-refractivity contribution in [1.29, 1.82) is 0 Å². The molecule has 0 fully saturated rings. The van der Waals surface area contributed by atoms with Gasteiger partial charge in [0, 0.05) is 31.7 Å². The second kappa shape index (κ2) is 12.9. The van der Waals surface area contributed by atoms with Gasteiger partial charge in [-0.3, -0.25) is 4.57 Å². The Labute approximate surface area is 201 Å². The third-order valence-electron chi connectivity index (χ3n) is 4.30. The van der Waals surface area contributed by atoms with Gasteiger partial charge in [-0.25, -0.2) is 15.0 Å². The highest BCUT2D eigenvalue weighted by Gasteiger charge is 2.10. The fourth-order valence-electron chi connectivity index (χ4n) is 2.79. The van der Waals surface area contributed by atoms with Crippen molar-refractivity contribution in [1.82, 2.24) is 25.2 Å². The van der Waals surface area contributed by atoms with Crippen LogP contribution in [0.15, 0.2) is 66.3 Å². The molecule has 0 aliphatic carbocycles. The van der Waals surface area contributed by atoms with Crippen LogP contribution in [-0.2, 0) is 6.54 Å². The first-order chi connectivity index (χ1) is 15.0. The van der Waals surface area contributed by atoms with E-state index >= 15 is 0 Å². The lowest BCUT2D eigenvalue weighted by molar-refractivity contribution is -0.0498. The zero-order chi connectivity index (χ0) is 22.1. The van der Waals surface area contributed by atoms with Crippen molar-refractivity contribution in [3.8, 4) is 11.6 Å². The number of alkyl halides is 2. The summed E-state index contributed by atoms with van der Waals surface area (Å²) in [5.74, 6) is 1.33. The number of nitrogens with zero attached hydrogens (tertiary/aromatic N) is 4. The average molecular weight is 558 g/mol. The quantitative estimate of drug-likeness (QED) is 0.212. The molecule has 32 heavy (non-hydrogen) atoms. The first kappa shape index (κ1) is 25.5. The molecule has 0 aliphatic heterocycles. The molecule has 172 valence electrons. The zero-order valence-corrected chi connectivity index (χ0v) is 19.7. The van der Waals surface area contributed by atoms with Crippen molar-refractivity contribution < 1.29 is 18.6 Å². The number of hydrogen-bond acceptors (Lipinski definition) is 5. The van der Waals surface area contributed by atoms with Crippen LogP contribution in [0.3, 0.4) is 0 Å². The Kier molecular flexibility index (Phi) is 10.3. The van der Waals surface area contributed by atoms with Gasteiger partial charge in [0.2, 0.25) is 0 Å². The Hall–Kier alpha value is -2.80. The Bertz CT molecular complexity index is 971. The number of guanidine groups is 1. The van der Waals surface area contributed by atoms with Gasteiger partial charge in [0.25, 0.3) is 0 Å². The third-order valence-corrected chi connectivity index (χ3v) is 4.30. The van der Waals surface area contributed by atoms with E-state index in [4.69, 9.17) is 0 Å². The fourth-order valence-corrected chi connectivity index (χ4v) is 2.79. The standard InChI is InChI=1S/C21H24F2N6O2.HI/c1-2-25-21(27-12-15-7-8-26-19(11-15)29-10-9-24-14-29)28-13-18(30)16-3-5-17(6-4-16)31-20(22)23;/h3-11,14,18,20,30H,2,12-13H2,1H3,(H2,25,27,28);1H. The van der Waals surface area contributed by atoms with Gasteiger partial charge in [-0.2, -0.15) is 8.78 Å². The number of ether oxygens (including phenoxy) is 1. The van der Waals surface area contributed by atoms with Gasteiger partial charge in [0.1, 0.15) is 17.9 Å². The van der Waals surface area contributed by atoms with Crippen molar-refractivity contribution >= 4 is 29.9 Å². The number of halogens is 3. The van der Waals surface area contributed by atoms with Crippen molar-refractivity contribution in [2.24, 2.45) is 4.99 Å². The van der Waals surface area contributed by atoms with E-state index < -0.39 is 12.7 Å². The smallest absolute Gasteiger partial charge is 0.387 e. The monoisotopic (exact) mass is 558 g/mol. The van der Waals surface area contributed by atoms with Crippen molar-refractivity contribution in [3.63, 3.8) is 0 Å². The van der Waals surface area contributed by atoms with Crippen LogP contribution in [0, 0.1) is 0 Å². The van der Waals surface area contributed by atoms with E-state index in [1.165, 1.54) is 12.1 Å². The van der Waals surface area contributed by atoms with E-state index in [9.17, 15) is 13.9 Å². The van der Waals surface area contributed by atoms with Gasteiger partial charge in [0.05, 0.1) is 12.6 Å². The van der Waals surface area contributed by atoms with Crippen LogP contribution in [0.25, 0.3) is 5.82 Å². The highest BCUT2D eigenvalue weighted by atomic mass is 127. The number of pyridine rings is 1. The molecule has 2 heterocycles. The maximum absolute atomic E-state index is 12.2. The van der Waals surface area contributed by atoms with Gasteiger partial charge in [0.15, 0.2) is 5.96 Å². The molecular formula is C21H25F2IN6O2. The maximum atomic E-state index is 12.2. The summed E-state index contributed by atoms with van der Waals surface area (Å²) in [7, 11) is 0. The summed E-state index contributed by atoms with van der Waals surface area (Å²) in [6.07, 6.45) is 6.04. The Morgan fingerprint density at radius 2 is 1.97 bits per heavy atom.